The summed E-state index contributed by atoms with van der Waals surface area (Å²) in [6.45, 7) is 13.5. The molecule has 2 heterocycles. The number of halogens is 1. The lowest BCUT2D eigenvalue weighted by atomic mass is 10.00. The first kappa shape index (κ1) is 32.3. The summed E-state index contributed by atoms with van der Waals surface area (Å²) in [4.78, 5) is 18.0. The fraction of sp³-hybridized carbons (Fsp3) is 0.472. The van der Waals surface area contributed by atoms with E-state index in [1.54, 1.807) is 13.2 Å². The molecule has 2 aliphatic heterocycles. The predicted octanol–water partition coefficient (Wildman–Crippen LogP) is 4.52. The van der Waals surface area contributed by atoms with Crippen LogP contribution in [0.2, 0.25) is 0 Å². The molecule has 8 heteroatoms. The molecular formula is C36H49FN5O2+. The molecule has 3 aromatic rings. The van der Waals surface area contributed by atoms with Crippen molar-refractivity contribution in [1.82, 2.24) is 20.4 Å². The van der Waals surface area contributed by atoms with Crippen LogP contribution in [0.5, 0.6) is 0 Å². The van der Waals surface area contributed by atoms with Crippen molar-refractivity contribution >= 4 is 5.91 Å². The number of hydrogen-bond donors (Lipinski definition) is 2. The average Bonchev–Trinajstić information content (AvgIpc) is 3.02. The first-order valence-corrected chi connectivity index (χ1v) is 16.1. The molecule has 2 N–H and O–H groups in total. The summed E-state index contributed by atoms with van der Waals surface area (Å²) in [5.41, 5.74) is 5.26. The van der Waals surface area contributed by atoms with Crippen LogP contribution in [0.15, 0.2) is 66.7 Å². The lowest BCUT2D eigenvalue weighted by Crippen LogP contribution is -2.57. The van der Waals surface area contributed by atoms with Gasteiger partial charge in [-0.3, -0.25) is 14.6 Å². The number of carbonyl (C=O) groups is 1. The number of piperazine rings is 2. The first-order chi connectivity index (χ1) is 21.3. The van der Waals surface area contributed by atoms with Crippen LogP contribution >= 0.6 is 0 Å². The molecule has 1 amide bonds. The molecule has 44 heavy (non-hydrogen) atoms. The zero-order valence-corrected chi connectivity index (χ0v) is 26.7. The van der Waals surface area contributed by atoms with Gasteiger partial charge in [-0.25, -0.2) is 4.39 Å². The van der Waals surface area contributed by atoms with Crippen LogP contribution in [0.25, 0.3) is 11.1 Å². The van der Waals surface area contributed by atoms with Crippen LogP contribution in [0.4, 0.5) is 4.39 Å². The van der Waals surface area contributed by atoms with Crippen LogP contribution < -0.4 is 10.6 Å². The Morgan fingerprint density at radius 1 is 0.977 bits per heavy atom. The maximum atomic E-state index is 15.0. The minimum Gasteiger partial charge on any atom is -0.384 e. The van der Waals surface area contributed by atoms with Crippen molar-refractivity contribution in [2.45, 2.75) is 39.0 Å². The third kappa shape index (κ3) is 8.96. The molecule has 2 fully saturated rings. The lowest BCUT2D eigenvalue weighted by Gasteiger charge is -2.42. The van der Waals surface area contributed by atoms with Crippen LogP contribution in [0.1, 0.15) is 40.4 Å². The second kappa shape index (κ2) is 15.2. The molecule has 2 saturated heterocycles. The highest BCUT2D eigenvalue weighted by molar-refractivity contribution is 5.94. The van der Waals surface area contributed by atoms with Gasteiger partial charge in [0, 0.05) is 83.1 Å². The van der Waals surface area contributed by atoms with E-state index in [1.165, 1.54) is 11.6 Å². The number of rotatable bonds is 12. The van der Waals surface area contributed by atoms with Crippen molar-refractivity contribution in [3.63, 3.8) is 0 Å². The van der Waals surface area contributed by atoms with Crippen LogP contribution in [0.3, 0.4) is 0 Å². The molecule has 5 rings (SSSR count). The summed E-state index contributed by atoms with van der Waals surface area (Å²) in [6.07, 6.45) is 1.09. The highest BCUT2D eigenvalue weighted by Gasteiger charge is 2.28. The molecule has 0 saturated carbocycles. The Labute approximate surface area is 262 Å². The number of nitrogens with one attached hydrogen (secondary N) is 2. The first-order valence-electron chi connectivity index (χ1n) is 16.1. The second-order valence-electron chi connectivity index (χ2n) is 12.9. The summed E-state index contributed by atoms with van der Waals surface area (Å²) >= 11 is 0. The molecule has 1 atom stereocenters. The van der Waals surface area contributed by atoms with Gasteiger partial charge in [0.25, 0.3) is 5.91 Å². The van der Waals surface area contributed by atoms with Crippen molar-refractivity contribution in [2.24, 2.45) is 0 Å². The molecule has 0 bridgehead atoms. The fourth-order valence-corrected chi connectivity index (χ4v) is 6.47. The Morgan fingerprint density at radius 3 is 2.50 bits per heavy atom. The van der Waals surface area contributed by atoms with Gasteiger partial charge in [-0.1, -0.05) is 36.4 Å². The maximum absolute atomic E-state index is 15.0. The number of methoxy groups -OCH3 is 1. The van der Waals surface area contributed by atoms with E-state index in [0.717, 1.165) is 99.6 Å². The van der Waals surface area contributed by atoms with Crippen LogP contribution in [0, 0.1) is 5.82 Å². The molecule has 3 aromatic carbocycles. The molecule has 236 valence electrons. The van der Waals surface area contributed by atoms with E-state index in [-0.39, 0.29) is 11.7 Å². The van der Waals surface area contributed by atoms with E-state index in [0.29, 0.717) is 23.7 Å². The molecule has 2 aliphatic rings. The van der Waals surface area contributed by atoms with Gasteiger partial charge in [-0.05, 0) is 59.5 Å². The zero-order valence-electron chi connectivity index (χ0n) is 26.7. The number of quaternary nitrogens is 1. The monoisotopic (exact) mass is 602 g/mol. The molecule has 0 aliphatic carbocycles. The Morgan fingerprint density at radius 2 is 1.73 bits per heavy atom. The highest BCUT2D eigenvalue weighted by atomic mass is 19.1. The number of hydrogen-bond acceptors (Lipinski definition) is 5. The van der Waals surface area contributed by atoms with E-state index in [9.17, 15) is 9.18 Å². The molecule has 0 spiro atoms. The molecular weight excluding hydrogens is 553 g/mol. The summed E-state index contributed by atoms with van der Waals surface area (Å²) in [5, 5.41) is 6.53. The van der Waals surface area contributed by atoms with E-state index in [2.05, 4.69) is 52.6 Å². The maximum Gasteiger partial charge on any atom is 0.251 e. The van der Waals surface area contributed by atoms with Crippen molar-refractivity contribution < 1.29 is 18.4 Å². The van der Waals surface area contributed by atoms with Gasteiger partial charge < -0.3 is 19.9 Å². The predicted molar refractivity (Wildman–Crippen MR) is 175 cm³/mol. The van der Waals surface area contributed by atoms with Crippen molar-refractivity contribution in [3.05, 3.63) is 94.8 Å². The van der Waals surface area contributed by atoms with Crippen molar-refractivity contribution in [2.75, 3.05) is 73.1 Å². The number of ether oxygens (including phenoxy) is 1. The summed E-state index contributed by atoms with van der Waals surface area (Å²) in [6, 6.07) is 21.7. The Bertz CT molecular complexity index is 1390. The van der Waals surface area contributed by atoms with Gasteiger partial charge in [-0.15, -0.1) is 0 Å². The Balaban J connectivity index is 1.16. The van der Waals surface area contributed by atoms with E-state index < -0.39 is 0 Å². The molecule has 0 unspecified atom stereocenters. The Kier molecular flexibility index (Phi) is 11.2. The second-order valence-corrected chi connectivity index (χ2v) is 12.9. The van der Waals surface area contributed by atoms with Crippen molar-refractivity contribution in [3.8, 4) is 11.1 Å². The normalized spacial score (nSPS) is 19.1. The van der Waals surface area contributed by atoms with Gasteiger partial charge >= 0.3 is 0 Å². The quantitative estimate of drug-likeness (QED) is 0.236. The fourth-order valence-electron chi connectivity index (χ4n) is 6.47. The van der Waals surface area contributed by atoms with Gasteiger partial charge in [0.1, 0.15) is 5.82 Å². The van der Waals surface area contributed by atoms with Gasteiger partial charge in [0.2, 0.25) is 0 Å². The van der Waals surface area contributed by atoms with Crippen LogP contribution in [-0.4, -0.2) is 99.4 Å². The number of amides is 1. The van der Waals surface area contributed by atoms with E-state index >= 15 is 0 Å². The number of nitrogens with zero attached hydrogens (tertiary/aromatic N) is 3. The summed E-state index contributed by atoms with van der Waals surface area (Å²) in [5.74, 6) is -0.376. The average molecular weight is 603 g/mol. The van der Waals surface area contributed by atoms with Crippen molar-refractivity contribution in [1.29, 1.82) is 0 Å². The summed E-state index contributed by atoms with van der Waals surface area (Å²) < 4.78 is 21.3. The third-order valence-corrected chi connectivity index (χ3v) is 9.13. The lowest BCUT2D eigenvalue weighted by molar-refractivity contribution is -0.914. The van der Waals surface area contributed by atoms with Gasteiger partial charge in [0.15, 0.2) is 0 Å². The zero-order chi connectivity index (χ0) is 30.9. The van der Waals surface area contributed by atoms with E-state index in [4.69, 9.17) is 4.74 Å². The smallest absolute Gasteiger partial charge is 0.251 e. The topological polar surface area (TPSA) is 56.8 Å². The standard InChI is InChI=1S/C36H48FN5O2/c1-28-25-41(14-13-38-28)27-30-7-4-9-32(21-30)34-23-29(11-12-35(34)37)24-39-36(43)33-10-5-8-31(22-33)26-40-15-18-42(2,19-16-40)17-6-20-44-3/h4-5,7-12,21-23,28,38H,6,13-20,24-27H2,1-3H3/p+1/t28-/m0/s1. The SMILES string of the molecule is COCCC[N+]1(C)CCN(Cc2cccc(C(=O)NCc3ccc(F)c(-c4cccc(CN5CCN[C@@H](C)C5)c4)c3)c2)CC1. The number of carbonyl (C=O) groups excluding carboxylic acids is 1. The number of likely N-dealkylation sites (N-methyl/N-ethyl adjacent to an activating group) is 1. The van der Waals surface area contributed by atoms with Gasteiger partial charge in [-0.2, -0.15) is 0 Å². The summed E-state index contributed by atoms with van der Waals surface area (Å²) in [7, 11) is 4.11. The van der Waals surface area contributed by atoms with Crippen LogP contribution in [-0.2, 0) is 24.4 Å². The highest BCUT2D eigenvalue weighted by Crippen LogP contribution is 2.26. The van der Waals surface area contributed by atoms with Gasteiger partial charge in [0.05, 0.1) is 33.3 Å². The largest absolute Gasteiger partial charge is 0.384 e. The minimum atomic E-state index is -0.257. The van der Waals surface area contributed by atoms with E-state index in [1.807, 2.05) is 36.4 Å². The number of benzene rings is 3. The minimum absolute atomic E-state index is 0.119. The molecule has 0 aromatic heterocycles. The Hall–Kier alpha value is -3.14. The molecule has 7 nitrogen and oxygen atoms in total. The molecule has 0 radical (unpaired) electrons. The third-order valence-electron chi connectivity index (χ3n) is 9.13.